The van der Waals surface area contributed by atoms with E-state index < -0.39 is 123 Å². The molecule has 6 rings (SSSR count). The van der Waals surface area contributed by atoms with Crippen molar-refractivity contribution in [3.8, 4) is 17.2 Å². The van der Waals surface area contributed by atoms with Gasteiger partial charge in [0.1, 0.15) is 5.69 Å². The number of anilines is 1. The predicted octanol–water partition coefficient (Wildman–Crippen LogP) is 4.14. The number of aliphatic carboxylic acids is 1. The van der Waals surface area contributed by atoms with Crippen LogP contribution in [0.3, 0.4) is 0 Å². The molecule has 11 nitrogen and oxygen atoms in total. The van der Waals surface area contributed by atoms with Crippen molar-refractivity contribution in [2.75, 3.05) is 25.7 Å². The zero-order chi connectivity index (χ0) is 36.1. The van der Waals surface area contributed by atoms with E-state index in [-0.39, 0.29) is 34.0 Å². The third-order valence-electron chi connectivity index (χ3n) is 9.70. The van der Waals surface area contributed by atoms with Crippen LogP contribution in [0.2, 0.25) is 0 Å². The normalized spacial score (nSPS) is 29.1. The largest absolute Gasteiger partial charge is 0.502 e. The molecule has 49 heavy (non-hydrogen) atoms. The average Bonchev–Trinajstić information content (AvgIpc) is 3.39. The predicted molar refractivity (Wildman–Crippen MR) is 157 cm³/mol. The summed E-state index contributed by atoms with van der Waals surface area (Å²) in [4.78, 5) is 61.8. The quantitative estimate of drug-likeness (QED) is 0.107. The second-order valence-corrected chi connectivity index (χ2v) is 13.2. The highest BCUT2D eigenvalue weighted by Gasteiger charge is 2.77. The topological polar surface area (TPSA) is 151 Å². The third-order valence-corrected chi connectivity index (χ3v) is 11.1. The summed E-state index contributed by atoms with van der Waals surface area (Å²) >= 11 is 14.1. The fourth-order valence-electron chi connectivity index (χ4n) is 7.51. The summed E-state index contributed by atoms with van der Waals surface area (Å²) in [5.41, 5.74) is -1.84. The van der Waals surface area contributed by atoms with Crippen molar-refractivity contribution in [1.82, 2.24) is 4.90 Å². The lowest BCUT2D eigenvalue weighted by molar-refractivity contribution is -0.142. The molecule has 2 aromatic rings. The van der Waals surface area contributed by atoms with Gasteiger partial charge in [0.15, 0.2) is 44.5 Å². The van der Waals surface area contributed by atoms with Crippen molar-refractivity contribution in [2.45, 2.75) is 34.9 Å². The Labute approximate surface area is 282 Å². The molecule has 0 radical (unpaired) electrons. The molecule has 18 heteroatoms. The molecule has 2 N–H and O–H groups in total. The van der Waals surface area contributed by atoms with Gasteiger partial charge in [0.05, 0.1) is 32.5 Å². The fraction of sp³-hybridized carbons (Fsp3) is 0.387. The number of carbonyl (C=O) groups excluding carboxylic acids is 4. The number of carboxylic acid groups (broad SMARTS) is 1. The molecule has 0 unspecified atom stereocenters. The molecule has 4 aliphatic rings. The number of phenols is 1. The molecular formula is C31H23Cl2F5N2O9. The van der Waals surface area contributed by atoms with Crippen LogP contribution in [0.1, 0.15) is 30.7 Å². The Bertz CT molecular complexity index is 1870. The van der Waals surface area contributed by atoms with E-state index in [1.165, 1.54) is 32.4 Å². The number of nitrogens with zero attached hydrogens (tertiary/aromatic N) is 2. The number of halogens is 7. The first-order valence-electron chi connectivity index (χ1n) is 14.5. The Morgan fingerprint density at radius 2 is 1.45 bits per heavy atom. The zero-order valence-corrected chi connectivity index (χ0v) is 26.7. The first-order chi connectivity index (χ1) is 23.0. The van der Waals surface area contributed by atoms with Crippen LogP contribution >= 0.6 is 23.2 Å². The van der Waals surface area contributed by atoms with Crippen molar-refractivity contribution < 1.29 is 65.6 Å². The number of fused-ring (bicyclic) bond motifs is 4. The van der Waals surface area contributed by atoms with Gasteiger partial charge in [0.2, 0.25) is 23.4 Å². The summed E-state index contributed by atoms with van der Waals surface area (Å²) in [5.74, 6) is -24.9. The van der Waals surface area contributed by atoms with Crippen LogP contribution in [0, 0.1) is 46.8 Å². The highest BCUT2D eigenvalue weighted by molar-refractivity contribution is 6.58. The standard InChI is InChI=1S/C31H23Cl2F5N2O9/c1-48-14-7-10(8-15(49-2)25(14)43)18-11-3-4-12-17(27(45)39(26(12)44)6-5-16(41)42)13(11)9-30(32)28(46)40(29(47)31(18,30)33)24-22(37)20(35)19(34)21(36)23(24)38/h3,7-8,12-13,17-18,43H,4-6,9H2,1-2H3,(H,41,42)/t12-,13+,17-,18-,30+,31-/m0/s1. The molecule has 2 heterocycles. The molecule has 1 saturated carbocycles. The number of hydrogen-bond donors (Lipinski definition) is 2. The third kappa shape index (κ3) is 4.48. The summed E-state index contributed by atoms with van der Waals surface area (Å²) in [6, 6.07) is 2.36. The van der Waals surface area contributed by atoms with Crippen LogP contribution in [-0.4, -0.2) is 75.2 Å². The fourth-order valence-corrected chi connectivity index (χ4v) is 8.45. The first-order valence-corrected chi connectivity index (χ1v) is 15.2. The Kier molecular flexibility index (Phi) is 8.13. The number of ether oxygens (including phenoxy) is 2. The molecule has 260 valence electrons. The minimum Gasteiger partial charge on any atom is -0.502 e. The zero-order valence-electron chi connectivity index (χ0n) is 25.2. The number of carbonyl (C=O) groups is 5. The summed E-state index contributed by atoms with van der Waals surface area (Å²) in [5, 5.41) is 19.8. The highest BCUT2D eigenvalue weighted by atomic mass is 35.5. The van der Waals surface area contributed by atoms with Crippen LogP contribution < -0.4 is 14.4 Å². The number of imide groups is 2. The molecule has 3 fully saturated rings. The van der Waals surface area contributed by atoms with Gasteiger partial charge in [-0.25, -0.2) is 26.9 Å². The Morgan fingerprint density at radius 3 is 1.98 bits per heavy atom. The number of alkyl halides is 2. The van der Waals surface area contributed by atoms with Gasteiger partial charge in [-0.05, 0) is 36.5 Å². The number of rotatable bonds is 7. The molecule has 2 aromatic carbocycles. The number of phenolic OH excluding ortho intramolecular Hbond substituents is 1. The molecule has 2 aliphatic carbocycles. The first kappa shape index (κ1) is 34.4. The summed E-state index contributed by atoms with van der Waals surface area (Å²) < 4.78 is 83.6. The van der Waals surface area contributed by atoms with E-state index >= 15 is 8.78 Å². The minimum atomic E-state index is -2.80. The van der Waals surface area contributed by atoms with Gasteiger partial charge in [-0.3, -0.25) is 28.9 Å². The molecular weight excluding hydrogens is 710 g/mol. The lowest BCUT2D eigenvalue weighted by Crippen LogP contribution is -2.60. The van der Waals surface area contributed by atoms with Gasteiger partial charge in [-0.15, -0.1) is 23.2 Å². The van der Waals surface area contributed by atoms with Gasteiger partial charge >= 0.3 is 5.97 Å². The summed E-state index contributed by atoms with van der Waals surface area (Å²) in [6.45, 7) is -0.477. The molecule has 2 saturated heterocycles. The Balaban J connectivity index is 1.60. The van der Waals surface area contributed by atoms with Crippen molar-refractivity contribution in [3.05, 3.63) is 58.4 Å². The number of allylic oxidation sites excluding steroid dienone is 2. The van der Waals surface area contributed by atoms with Crippen molar-refractivity contribution >= 4 is 58.5 Å². The number of benzene rings is 2. The van der Waals surface area contributed by atoms with Gasteiger partial charge in [0, 0.05) is 12.5 Å². The molecule has 0 bridgehead atoms. The van der Waals surface area contributed by atoms with E-state index in [0.717, 1.165) is 4.90 Å². The lowest BCUT2D eigenvalue weighted by atomic mass is 9.56. The number of likely N-dealkylation sites (tertiary alicyclic amines) is 1. The van der Waals surface area contributed by atoms with Crippen LogP contribution in [0.5, 0.6) is 17.2 Å². The SMILES string of the molecule is COc1cc([C@H]2C3=CC[C@@H]4C(=O)N(CCC(=O)O)C(=O)[C@@H]4[C@@H]3C[C@@]3(Cl)C(=O)N(c4c(F)c(F)c(F)c(F)c4F)C(=O)[C@@]23Cl)cc(OC)c1O. The maximum atomic E-state index is 15.2. The minimum absolute atomic E-state index is 0.0548. The van der Waals surface area contributed by atoms with E-state index in [1.807, 2.05) is 0 Å². The van der Waals surface area contributed by atoms with E-state index in [2.05, 4.69) is 0 Å². The summed E-state index contributed by atoms with van der Waals surface area (Å²) in [6.07, 6.45) is 0.00864. The molecule has 2 aliphatic heterocycles. The smallest absolute Gasteiger partial charge is 0.305 e. The monoisotopic (exact) mass is 732 g/mol. The average molecular weight is 733 g/mol. The Morgan fingerprint density at radius 1 is 0.898 bits per heavy atom. The van der Waals surface area contributed by atoms with E-state index in [1.54, 1.807) is 0 Å². The van der Waals surface area contributed by atoms with Crippen molar-refractivity contribution in [2.24, 2.45) is 17.8 Å². The highest BCUT2D eigenvalue weighted by Crippen LogP contribution is 2.66. The second-order valence-electron chi connectivity index (χ2n) is 11.9. The second kappa shape index (κ2) is 11.6. The van der Waals surface area contributed by atoms with Crippen LogP contribution in [0.4, 0.5) is 27.6 Å². The van der Waals surface area contributed by atoms with Crippen LogP contribution in [0.25, 0.3) is 0 Å². The number of aromatic hydroxyl groups is 1. The van der Waals surface area contributed by atoms with Crippen molar-refractivity contribution in [1.29, 1.82) is 0 Å². The number of hydrogen-bond acceptors (Lipinski definition) is 8. The van der Waals surface area contributed by atoms with Gasteiger partial charge in [-0.1, -0.05) is 11.6 Å². The Hall–Kier alpha value is -4.44. The van der Waals surface area contributed by atoms with Crippen molar-refractivity contribution in [3.63, 3.8) is 0 Å². The van der Waals surface area contributed by atoms with E-state index in [4.69, 9.17) is 37.8 Å². The molecule has 0 aromatic heterocycles. The van der Waals surface area contributed by atoms with Gasteiger partial charge in [0.25, 0.3) is 11.8 Å². The molecule has 4 amide bonds. The number of carboxylic acids is 1. The maximum Gasteiger partial charge on any atom is 0.305 e. The van der Waals surface area contributed by atoms with Gasteiger partial charge in [-0.2, -0.15) is 0 Å². The van der Waals surface area contributed by atoms with Crippen LogP contribution in [-0.2, 0) is 24.0 Å². The maximum absolute atomic E-state index is 15.2. The molecule has 0 spiro atoms. The van der Waals surface area contributed by atoms with E-state index in [0.29, 0.717) is 0 Å². The van der Waals surface area contributed by atoms with E-state index in [9.17, 15) is 42.3 Å². The number of methoxy groups -OCH3 is 2. The van der Waals surface area contributed by atoms with Gasteiger partial charge < -0.3 is 19.7 Å². The van der Waals surface area contributed by atoms with Crippen LogP contribution in [0.15, 0.2) is 23.8 Å². The summed E-state index contributed by atoms with van der Waals surface area (Å²) in [7, 11) is 2.33. The number of amides is 4. The molecule has 6 atom stereocenters. The lowest BCUT2D eigenvalue weighted by Gasteiger charge is -2.50.